The van der Waals surface area contributed by atoms with E-state index in [0.29, 0.717) is 5.56 Å². The molecule has 1 N–H and O–H groups in total. The molecular formula is C9H7F2N3O. The molecular weight excluding hydrogens is 204 g/mol. The van der Waals surface area contributed by atoms with E-state index >= 15 is 0 Å². The third kappa shape index (κ3) is 3.31. The van der Waals surface area contributed by atoms with Crippen LogP contribution >= 0.6 is 0 Å². The largest absolute Gasteiger partial charge is 0.345 e. The van der Waals surface area contributed by atoms with Gasteiger partial charge in [-0.05, 0) is 12.1 Å². The molecule has 4 nitrogen and oxygen atoms in total. The lowest BCUT2D eigenvalue weighted by Gasteiger charge is -2.02. The van der Waals surface area contributed by atoms with Crippen LogP contribution in [0, 0.1) is 11.3 Å². The quantitative estimate of drug-likeness (QED) is 0.809. The fourth-order valence-electron chi connectivity index (χ4n) is 0.855. The Balaban J connectivity index is 2.63. The third-order valence-electron chi connectivity index (χ3n) is 1.54. The summed E-state index contributed by atoms with van der Waals surface area (Å²) < 4.78 is 23.5. The summed E-state index contributed by atoms with van der Waals surface area (Å²) in [5.41, 5.74) is 0.315. The number of alkyl halides is 2. The van der Waals surface area contributed by atoms with Gasteiger partial charge in [-0.25, -0.2) is 13.8 Å². The predicted octanol–water partition coefficient (Wildman–Crippen LogP) is 0.948. The Morgan fingerprint density at radius 3 is 2.80 bits per heavy atom. The van der Waals surface area contributed by atoms with Crippen LogP contribution in [0.25, 0.3) is 0 Å². The molecule has 15 heavy (non-hydrogen) atoms. The fourth-order valence-corrected chi connectivity index (χ4v) is 0.855. The summed E-state index contributed by atoms with van der Waals surface area (Å²) in [5.74, 6) is -0.681. The number of amides is 1. The molecule has 0 fully saturated rings. The molecule has 0 saturated heterocycles. The summed E-state index contributed by atoms with van der Waals surface area (Å²) in [6.45, 7) is -0.708. The lowest BCUT2D eigenvalue weighted by molar-refractivity contribution is 0.0887. The summed E-state index contributed by atoms with van der Waals surface area (Å²) >= 11 is 0. The van der Waals surface area contributed by atoms with Gasteiger partial charge in [-0.15, -0.1) is 0 Å². The van der Waals surface area contributed by atoms with Crippen molar-refractivity contribution in [1.29, 1.82) is 5.26 Å². The second kappa shape index (κ2) is 5.00. The van der Waals surface area contributed by atoms with Crippen molar-refractivity contribution in [3.63, 3.8) is 0 Å². The normalized spacial score (nSPS) is 9.73. The maximum atomic E-state index is 11.8. The van der Waals surface area contributed by atoms with E-state index in [-0.39, 0.29) is 5.69 Å². The van der Waals surface area contributed by atoms with Crippen LogP contribution < -0.4 is 5.32 Å². The molecule has 0 aliphatic carbocycles. The van der Waals surface area contributed by atoms with Crippen molar-refractivity contribution in [1.82, 2.24) is 10.3 Å². The van der Waals surface area contributed by atoms with Gasteiger partial charge in [-0.3, -0.25) is 4.79 Å². The molecule has 1 aromatic heterocycles. The molecule has 0 aliphatic heterocycles. The van der Waals surface area contributed by atoms with E-state index in [2.05, 4.69) is 4.98 Å². The molecule has 0 spiro atoms. The first-order valence-corrected chi connectivity index (χ1v) is 4.06. The van der Waals surface area contributed by atoms with E-state index in [1.807, 2.05) is 11.4 Å². The molecule has 1 heterocycles. The lowest BCUT2D eigenvalue weighted by atomic mass is 10.2. The van der Waals surface area contributed by atoms with Crippen LogP contribution in [-0.4, -0.2) is 23.9 Å². The Morgan fingerprint density at radius 2 is 2.33 bits per heavy atom. The zero-order valence-electron chi connectivity index (χ0n) is 7.58. The Labute approximate surface area is 84.5 Å². The minimum atomic E-state index is -2.59. The third-order valence-corrected chi connectivity index (χ3v) is 1.54. The minimum absolute atomic E-state index is 0.00894. The minimum Gasteiger partial charge on any atom is -0.345 e. The summed E-state index contributed by atoms with van der Waals surface area (Å²) in [4.78, 5) is 14.8. The molecule has 0 unspecified atom stereocenters. The molecule has 1 amide bonds. The van der Waals surface area contributed by atoms with Crippen molar-refractivity contribution in [3.05, 3.63) is 29.6 Å². The SMILES string of the molecule is N#Cc1ccc(C(=O)NCC(F)F)nc1. The highest BCUT2D eigenvalue weighted by Gasteiger charge is 2.09. The molecule has 0 aromatic carbocycles. The summed E-state index contributed by atoms with van der Waals surface area (Å²) in [5, 5.41) is 10.5. The van der Waals surface area contributed by atoms with Crippen LogP contribution in [-0.2, 0) is 0 Å². The van der Waals surface area contributed by atoms with Crippen molar-refractivity contribution >= 4 is 5.91 Å². The van der Waals surface area contributed by atoms with Gasteiger partial charge in [-0.2, -0.15) is 5.26 Å². The first kappa shape index (κ1) is 11.0. The van der Waals surface area contributed by atoms with Crippen molar-refractivity contribution in [2.24, 2.45) is 0 Å². The average molecular weight is 211 g/mol. The Kier molecular flexibility index (Phi) is 3.68. The smallest absolute Gasteiger partial charge is 0.270 e. The molecule has 0 saturated carbocycles. The van der Waals surface area contributed by atoms with Gasteiger partial charge >= 0.3 is 0 Å². The average Bonchev–Trinajstić information content (AvgIpc) is 2.26. The number of halogens is 2. The summed E-state index contributed by atoms with van der Waals surface area (Å²) in [7, 11) is 0. The van der Waals surface area contributed by atoms with Crippen molar-refractivity contribution in [2.75, 3.05) is 6.54 Å². The number of carbonyl (C=O) groups is 1. The topological polar surface area (TPSA) is 65.8 Å². The second-order valence-corrected chi connectivity index (χ2v) is 2.65. The molecule has 78 valence electrons. The van der Waals surface area contributed by atoms with Crippen LogP contribution in [0.5, 0.6) is 0 Å². The van der Waals surface area contributed by atoms with Gasteiger partial charge in [-0.1, -0.05) is 0 Å². The van der Waals surface area contributed by atoms with Crippen LogP contribution in [0.1, 0.15) is 16.1 Å². The predicted molar refractivity (Wildman–Crippen MR) is 47.3 cm³/mol. The number of hydrogen-bond acceptors (Lipinski definition) is 3. The number of nitrogens with zero attached hydrogens (tertiary/aromatic N) is 2. The maximum Gasteiger partial charge on any atom is 0.270 e. The molecule has 1 rings (SSSR count). The number of rotatable bonds is 3. The number of nitriles is 1. The lowest BCUT2D eigenvalue weighted by Crippen LogP contribution is -2.29. The van der Waals surface area contributed by atoms with Crippen LogP contribution in [0.2, 0.25) is 0 Å². The monoisotopic (exact) mass is 211 g/mol. The second-order valence-electron chi connectivity index (χ2n) is 2.65. The van der Waals surface area contributed by atoms with Gasteiger partial charge in [0.15, 0.2) is 0 Å². The standard InChI is InChI=1S/C9H7F2N3O/c10-8(11)5-14-9(15)7-2-1-6(3-12)4-13-7/h1-2,4,8H,5H2,(H,14,15). The Bertz CT molecular complexity index is 383. The van der Waals surface area contributed by atoms with Gasteiger partial charge in [0.1, 0.15) is 11.8 Å². The molecule has 0 radical (unpaired) electrons. The summed E-state index contributed by atoms with van der Waals surface area (Å²) in [6, 6.07) is 4.53. The van der Waals surface area contributed by atoms with E-state index in [1.54, 1.807) is 0 Å². The number of aromatic nitrogens is 1. The van der Waals surface area contributed by atoms with Gasteiger partial charge in [0, 0.05) is 6.20 Å². The van der Waals surface area contributed by atoms with E-state index in [9.17, 15) is 13.6 Å². The van der Waals surface area contributed by atoms with Gasteiger partial charge < -0.3 is 5.32 Å². The van der Waals surface area contributed by atoms with Crippen molar-refractivity contribution < 1.29 is 13.6 Å². The molecule has 0 aliphatic rings. The highest BCUT2D eigenvalue weighted by Crippen LogP contribution is 1.99. The van der Waals surface area contributed by atoms with Gasteiger partial charge in [0.05, 0.1) is 12.1 Å². The number of pyridine rings is 1. The maximum absolute atomic E-state index is 11.8. The number of nitrogens with one attached hydrogen (secondary N) is 1. The Hall–Kier alpha value is -2.03. The zero-order chi connectivity index (χ0) is 11.3. The van der Waals surface area contributed by atoms with E-state index < -0.39 is 18.9 Å². The zero-order valence-corrected chi connectivity index (χ0v) is 7.58. The van der Waals surface area contributed by atoms with E-state index in [4.69, 9.17) is 5.26 Å². The van der Waals surface area contributed by atoms with E-state index in [0.717, 1.165) is 0 Å². The number of carbonyl (C=O) groups excluding carboxylic acids is 1. The highest BCUT2D eigenvalue weighted by molar-refractivity contribution is 5.92. The number of hydrogen-bond donors (Lipinski definition) is 1. The van der Waals surface area contributed by atoms with Crippen LogP contribution in [0.3, 0.4) is 0 Å². The van der Waals surface area contributed by atoms with Gasteiger partial charge in [0.25, 0.3) is 12.3 Å². The van der Waals surface area contributed by atoms with Gasteiger partial charge in [0.2, 0.25) is 0 Å². The molecule has 0 bridgehead atoms. The first-order valence-electron chi connectivity index (χ1n) is 4.06. The first-order chi connectivity index (χ1) is 7.13. The molecule has 0 atom stereocenters. The Morgan fingerprint density at radius 1 is 1.60 bits per heavy atom. The summed E-state index contributed by atoms with van der Waals surface area (Å²) in [6.07, 6.45) is -1.38. The van der Waals surface area contributed by atoms with E-state index in [1.165, 1.54) is 18.3 Å². The van der Waals surface area contributed by atoms with Crippen molar-refractivity contribution in [2.45, 2.75) is 6.43 Å². The van der Waals surface area contributed by atoms with Crippen LogP contribution in [0.15, 0.2) is 18.3 Å². The van der Waals surface area contributed by atoms with Crippen LogP contribution in [0.4, 0.5) is 8.78 Å². The van der Waals surface area contributed by atoms with Crippen molar-refractivity contribution in [3.8, 4) is 6.07 Å². The molecule has 6 heteroatoms. The molecule has 1 aromatic rings. The highest BCUT2D eigenvalue weighted by atomic mass is 19.3. The fraction of sp³-hybridized carbons (Fsp3) is 0.222.